The molecule has 1 N–H and O–H groups in total. The molecule has 3 heteroatoms. The predicted molar refractivity (Wildman–Crippen MR) is 95.5 cm³/mol. The Balaban J connectivity index is 2.10. The quantitative estimate of drug-likeness (QED) is 0.778. The molecule has 1 atom stereocenters. The van der Waals surface area contributed by atoms with E-state index in [0.717, 1.165) is 31.2 Å². The maximum atomic E-state index is 6.02. The second-order valence-electron chi connectivity index (χ2n) is 5.38. The van der Waals surface area contributed by atoms with Crippen LogP contribution in [0, 0.1) is 0 Å². The normalized spacial score (nSPS) is 12.5. The van der Waals surface area contributed by atoms with Crippen molar-refractivity contribution in [2.75, 3.05) is 26.2 Å². The van der Waals surface area contributed by atoms with Crippen molar-refractivity contribution in [3.05, 3.63) is 70.7 Å². The van der Waals surface area contributed by atoms with E-state index in [2.05, 4.69) is 66.5 Å². The van der Waals surface area contributed by atoms with Crippen LogP contribution >= 0.6 is 11.6 Å². The van der Waals surface area contributed by atoms with Gasteiger partial charge in [0.15, 0.2) is 0 Å². The number of likely N-dealkylation sites (N-methyl/N-ethyl adjacent to an activating group) is 1. The third-order valence-corrected chi connectivity index (χ3v) is 4.26. The number of rotatable bonds is 8. The summed E-state index contributed by atoms with van der Waals surface area (Å²) < 4.78 is 0. The first-order chi connectivity index (χ1) is 10.7. The zero-order valence-corrected chi connectivity index (χ0v) is 14.2. The van der Waals surface area contributed by atoms with Gasteiger partial charge in [-0.1, -0.05) is 67.9 Å². The molecular formula is C19H25ClN2. The average molecular weight is 317 g/mol. The summed E-state index contributed by atoms with van der Waals surface area (Å²) in [7, 11) is 0. The van der Waals surface area contributed by atoms with Crippen molar-refractivity contribution < 1.29 is 0 Å². The van der Waals surface area contributed by atoms with Gasteiger partial charge >= 0.3 is 0 Å². The molecule has 0 saturated carbocycles. The molecule has 118 valence electrons. The van der Waals surface area contributed by atoms with E-state index in [9.17, 15) is 0 Å². The van der Waals surface area contributed by atoms with Gasteiger partial charge in [-0.15, -0.1) is 0 Å². The zero-order valence-electron chi connectivity index (χ0n) is 13.4. The van der Waals surface area contributed by atoms with Gasteiger partial charge in [0.2, 0.25) is 0 Å². The summed E-state index contributed by atoms with van der Waals surface area (Å²) in [5, 5.41) is 4.46. The SMILES string of the molecule is CCN(CC)CCN[C@@H](c1ccccc1)c1ccc(Cl)cc1. The van der Waals surface area contributed by atoms with Gasteiger partial charge in [-0.2, -0.15) is 0 Å². The number of nitrogens with zero attached hydrogens (tertiary/aromatic N) is 1. The van der Waals surface area contributed by atoms with Crippen LogP contribution in [0.5, 0.6) is 0 Å². The van der Waals surface area contributed by atoms with Gasteiger partial charge in [-0.3, -0.25) is 0 Å². The topological polar surface area (TPSA) is 15.3 Å². The van der Waals surface area contributed by atoms with Crippen molar-refractivity contribution in [2.24, 2.45) is 0 Å². The van der Waals surface area contributed by atoms with E-state index in [4.69, 9.17) is 11.6 Å². The van der Waals surface area contributed by atoms with Crippen LogP contribution in [0.2, 0.25) is 5.02 Å². The van der Waals surface area contributed by atoms with Crippen molar-refractivity contribution in [1.82, 2.24) is 10.2 Å². The first-order valence-corrected chi connectivity index (χ1v) is 8.38. The van der Waals surface area contributed by atoms with Crippen molar-refractivity contribution >= 4 is 11.6 Å². The maximum Gasteiger partial charge on any atom is 0.0577 e. The van der Waals surface area contributed by atoms with E-state index in [1.807, 2.05) is 12.1 Å². The van der Waals surface area contributed by atoms with Gasteiger partial charge in [-0.25, -0.2) is 0 Å². The molecule has 2 rings (SSSR count). The first kappa shape index (κ1) is 17.0. The average Bonchev–Trinajstić information content (AvgIpc) is 2.57. The van der Waals surface area contributed by atoms with Crippen molar-refractivity contribution in [1.29, 1.82) is 0 Å². The molecule has 2 aromatic carbocycles. The van der Waals surface area contributed by atoms with Crippen LogP contribution in [-0.2, 0) is 0 Å². The molecule has 0 aliphatic rings. The van der Waals surface area contributed by atoms with E-state index in [-0.39, 0.29) is 6.04 Å². The van der Waals surface area contributed by atoms with Crippen LogP contribution in [0.15, 0.2) is 54.6 Å². The van der Waals surface area contributed by atoms with Gasteiger partial charge in [-0.05, 0) is 36.3 Å². The summed E-state index contributed by atoms with van der Waals surface area (Å²) in [5.74, 6) is 0. The Kier molecular flexibility index (Phi) is 6.91. The second kappa shape index (κ2) is 8.94. The van der Waals surface area contributed by atoms with E-state index in [0.29, 0.717) is 0 Å². The van der Waals surface area contributed by atoms with Crippen molar-refractivity contribution in [3.8, 4) is 0 Å². The summed E-state index contributed by atoms with van der Waals surface area (Å²) in [4.78, 5) is 2.43. The molecule has 2 aromatic rings. The fourth-order valence-electron chi connectivity index (χ4n) is 2.64. The molecule has 0 bridgehead atoms. The number of hydrogen-bond acceptors (Lipinski definition) is 2. The lowest BCUT2D eigenvalue weighted by molar-refractivity contribution is 0.299. The van der Waals surface area contributed by atoms with Crippen molar-refractivity contribution in [2.45, 2.75) is 19.9 Å². The minimum Gasteiger partial charge on any atom is -0.305 e. The largest absolute Gasteiger partial charge is 0.305 e. The Bertz CT molecular complexity index is 535. The number of benzene rings is 2. The lowest BCUT2D eigenvalue weighted by Crippen LogP contribution is -2.34. The minimum atomic E-state index is 0.203. The highest BCUT2D eigenvalue weighted by Gasteiger charge is 2.13. The highest BCUT2D eigenvalue weighted by molar-refractivity contribution is 6.30. The fraction of sp³-hybridized carbons (Fsp3) is 0.368. The summed E-state index contributed by atoms with van der Waals surface area (Å²) >= 11 is 6.02. The highest BCUT2D eigenvalue weighted by atomic mass is 35.5. The lowest BCUT2D eigenvalue weighted by Gasteiger charge is -2.23. The highest BCUT2D eigenvalue weighted by Crippen LogP contribution is 2.23. The molecule has 0 radical (unpaired) electrons. The Morgan fingerprint density at radius 3 is 2.09 bits per heavy atom. The monoisotopic (exact) mass is 316 g/mol. The standard InChI is InChI=1S/C19H25ClN2/c1-3-22(4-2)15-14-21-19(16-8-6-5-7-9-16)17-10-12-18(20)13-11-17/h5-13,19,21H,3-4,14-15H2,1-2H3/t19-/m0/s1. The van der Waals surface area contributed by atoms with E-state index >= 15 is 0 Å². The summed E-state index contributed by atoms with van der Waals surface area (Å²) in [6.07, 6.45) is 0. The Labute approximate surface area is 139 Å². The van der Waals surface area contributed by atoms with Gasteiger partial charge in [0.05, 0.1) is 6.04 Å². The summed E-state index contributed by atoms with van der Waals surface area (Å²) in [5.41, 5.74) is 2.53. The van der Waals surface area contributed by atoms with E-state index in [1.165, 1.54) is 11.1 Å². The Hall–Kier alpha value is -1.35. The molecule has 0 heterocycles. The number of nitrogens with one attached hydrogen (secondary N) is 1. The van der Waals surface area contributed by atoms with Gasteiger partial charge in [0.25, 0.3) is 0 Å². The Morgan fingerprint density at radius 1 is 0.909 bits per heavy atom. The van der Waals surface area contributed by atoms with Crippen LogP contribution in [0.4, 0.5) is 0 Å². The third-order valence-electron chi connectivity index (χ3n) is 4.01. The molecule has 0 aliphatic heterocycles. The molecule has 0 saturated heterocycles. The molecule has 0 fully saturated rings. The van der Waals surface area contributed by atoms with Crippen LogP contribution in [-0.4, -0.2) is 31.1 Å². The fourth-order valence-corrected chi connectivity index (χ4v) is 2.76. The second-order valence-corrected chi connectivity index (χ2v) is 5.81. The van der Waals surface area contributed by atoms with Crippen LogP contribution in [0.25, 0.3) is 0 Å². The molecule has 0 spiro atoms. The van der Waals surface area contributed by atoms with E-state index in [1.54, 1.807) is 0 Å². The maximum absolute atomic E-state index is 6.02. The predicted octanol–water partition coefficient (Wildman–Crippen LogP) is 4.36. The number of hydrogen-bond donors (Lipinski definition) is 1. The summed E-state index contributed by atoms with van der Waals surface area (Å²) in [6.45, 7) is 8.62. The molecule has 2 nitrogen and oxygen atoms in total. The molecule has 0 unspecified atom stereocenters. The minimum absolute atomic E-state index is 0.203. The summed E-state index contributed by atoms with van der Waals surface area (Å²) in [6, 6.07) is 18.9. The molecule has 0 aromatic heterocycles. The zero-order chi connectivity index (χ0) is 15.8. The van der Waals surface area contributed by atoms with E-state index < -0.39 is 0 Å². The van der Waals surface area contributed by atoms with Gasteiger partial charge in [0, 0.05) is 18.1 Å². The van der Waals surface area contributed by atoms with Crippen LogP contribution < -0.4 is 5.32 Å². The number of halogens is 1. The molecule has 0 amide bonds. The van der Waals surface area contributed by atoms with Crippen molar-refractivity contribution in [3.63, 3.8) is 0 Å². The van der Waals surface area contributed by atoms with Crippen LogP contribution in [0.3, 0.4) is 0 Å². The van der Waals surface area contributed by atoms with Gasteiger partial charge < -0.3 is 10.2 Å². The molecule has 0 aliphatic carbocycles. The first-order valence-electron chi connectivity index (χ1n) is 8.00. The Morgan fingerprint density at radius 2 is 1.50 bits per heavy atom. The molecular weight excluding hydrogens is 292 g/mol. The van der Waals surface area contributed by atoms with Gasteiger partial charge in [0.1, 0.15) is 0 Å². The lowest BCUT2D eigenvalue weighted by atomic mass is 9.99. The smallest absolute Gasteiger partial charge is 0.0577 e. The molecule has 22 heavy (non-hydrogen) atoms. The third kappa shape index (κ3) is 4.84. The van der Waals surface area contributed by atoms with Crippen LogP contribution in [0.1, 0.15) is 31.0 Å².